The van der Waals surface area contributed by atoms with Gasteiger partial charge in [0.1, 0.15) is 11.3 Å². The van der Waals surface area contributed by atoms with Crippen molar-refractivity contribution in [3.8, 4) is 17.2 Å². The molecule has 3 aromatic carbocycles. The molecule has 0 aliphatic rings. The van der Waals surface area contributed by atoms with E-state index in [2.05, 4.69) is 29.5 Å². The van der Waals surface area contributed by atoms with Gasteiger partial charge in [0.2, 0.25) is 5.89 Å². The zero-order valence-corrected chi connectivity index (χ0v) is 18.5. The van der Waals surface area contributed by atoms with Crippen LogP contribution in [0.15, 0.2) is 71.1 Å². The number of carbonyl (C=O) groups excluding carboxylic acids is 1. The maximum atomic E-state index is 12.6. The van der Waals surface area contributed by atoms with Gasteiger partial charge in [-0.3, -0.25) is 4.79 Å². The van der Waals surface area contributed by atoms with Gasteiger partial charge in [-0.1, -0.05) is 32.0 Å². The lowest BCUT2D eigenvalue weighted by Gasteiger charge is -2.08. The van der Waals surface area contributed by atoms with Gasteiger partial charge in [-0.15, -0.1) is 0 Å². The summed E-state index contributed by atoms with van der Waals surface area (Å²) in [6.07, 6.45) is 0. The van der Waals surface area contributed by atoms with E-state index in [9.17, 15) is 4.79 Å². The first kappa shape index (κ1) is 21.4. The minimum absolute atomic E-state index is 0.146. The number of nitrogens with one attached hydrogen (secondary N) is 2. The van der Waals surface area contributed by atoms with Crippen LogP contribution in [0.1, 0.15) is 29.8 Å². The highest BCUT2D eigenvalue weighted by atomic mass is 16.5. The fourth-order valence-electron chi connectivity index (χ4n) is 3.32. The highest BCUT2D eigenvalue weighted by Crippen LogP contribution is 2.27. The molecule has 4 aromatic rings. The van der Waals surface area contributed by atoms with Gasteiger partial charge in [0.05, 0.1) is 12.7 Å². The number of para-hydroxylation sites is 1. The van der Waals surface area contributed by atoms with Crippen molar-refractivity contribution in [1.82, 2.24) is 10.3 Å². The Bertz CT molecular complexity index is 1200. The van der Waals surface area contributed by atoms with E-state index in [0.717, 1.165) is 22.6 Å². The molecule has 0 unspecified atom stereocenters. The van der Waals surface area contributed by atoms with Crippen molar-refractivity contribution in [2.45, 2.75) is 20.4 Å². The van der Waals surface area contributed by atoms with Gasteiger partial charge in [-0.2, -0.15) is 0 Å². The largest absolute Gasteiger partial charge is 0.497 e. The SMILES string of the molecule is COc1ccc(NCc2ccc(-c3nc4cccc(C(=O)NCC(C)C)c4o3)cc2)cc1. The maximum absolute atomic E-state index is 12.6. The summed E-state index contributed by atoms with van der Waals surface area (Å²) in [6.45, 7) is 5.43. The number of fused-ring (bicyclic) bond motifs is 1. The Labute approximate surface area is 187 Å². The first-order valence-corrected chi connectivity index (χ1v) is 10.7. The zero-order valence-electron chi connectivity index (χ0n) is 18.5. The summed E-state index contributed by atoms with van der Waals surface area (Å²) in [5, 5.41) is 6.33. The number of amides is 1. The van der Waals surface area contributed by atoms with Crippen molar-refractivity contribution in [2.75, 3.05) is 19.0 Å². The maximum Gasteiger partial charge on any atom is 0.255 e. The summed E-state index contributed by atoms with van der Waals surface area (Å²) in [5.41, 5.74) is 4.70. The third-order valence-corrected chi connectivity index (χ3v) is 5.12. The van der Waals surface area contributed by atoms with Crippen LogP contribution in [0.3, 0.4) is 0 Å². The molecule has 1 heterocycles. The summed E-state index contributed by atoms with van der Waals surface area (Å²) >= 11 is 0. The third-order valence-electron chi connectivity index (χ3n) is 5.12. The first-order valence-electron chi connectivity index (χ1n) is 10.7. The number of methoxy groups -OCH3 is 1. The molecule has 0 fully saturated rings. The van der Waals surface area contributed by atoms with Crippen LogP contribution in [0.5, 0.6) is 5.75 Å². The van der Waals surface area contributed by atoms with Crippen molar-refractivity contribution in [3.05, 3.63) is 77.9 Å². The highest BCUT2D eigenvalue weighted by Gasteiger charge is 2.16. The number of oxazole rings is 1. The molecule has 0 spiro atoms. The smallest absolute Gasteiger partial charge is 0.255 e. The molecule has 0 aliphatic heterocycles. The Morgan fingerprint density at radius 1 is 1.03 bits per heavy atom. The topological polar surface area (TPSA) is 76.4 Å². The van der Waals surface area contributed by atoms with E-state index in [-0.39, 0.29) is 5.91 Å². The second kappa shape index (κ2) is 9.56. The standard InChI is InChI=1S/C26H27N3O3/c1-17(2)15-28-25(30)22-5-4-6-23-24(22)32-26(29-23)19-9-7-18(8-10-19)16-27-20-11-13-21(31-3)14-12-20/h4-14,17,27H,15-16H2,1-3H3,(H,28,30). The van der Waals surface area contributed by atoms with Gasteiger partial charge in [-0.05, 0) is 60.0 Å². The van der Waals surface area contributed by atoms with Gasteiger partial charge in [-0.25, -0.2) is 4.98 Å². The molecule has 0 radical (unpaired) electrons. The molecule has 1 aromatic heterocycles. The fourth-order valence-corrected chi connectivity index (χ4v) is 3.32. The number of nitrogens with zero attached hydrogens (tertiary/aromatic N) is 1. The number of aromatic nitrogens is 1. The third kappa shape index (κ3) is 4.91. The molecule has 0 aliphatic carbocycles. The lowest BCUT2D eigenvalue weighted by atomic mass is 10.1. The lowest BCUT2D eigenvalue weighted by molar-refractivity contribution is 0.0949. The summed E-state index contributed by atoms with van der Waals surface area (Å²) < 4.78 is 11.2. The Morgan fingerprint density at radius 2 is 1.78 bits per heavy atom. The van der Waals surface area contributed by atoms with Gasteiger partial charge in [0, 0.05) is 24.3 Å². The van der Waals surface area contributed by atoms with Crippen molar-refractivity contribution >= 4 is 22.7 Å². The molecule has 6 nitrogen and oxygen atoms in total. The summed E-state index contributed by atoms with van der Waals surface area (Å²) in [5.74, 6) is 1.56. The lowest BCUT2D eigenvalue weighted by Crippen LogP contribution is -2.27. The zero-order chi connectivity index (χ0) is 22.5. The van der Waals surface area contributed by atoms with Crippen molar-refractivity contribution in [2.24, 2.45) is 5.92 Å². The van der Waals surface area contributed by atoms with E-state index < -0.39 is 0 Å². The summed E-state index contributed by atoms with van der Waals surface area (Å²) in [4.78, 5) is 17.2. The Kier molecular flexibility index (Phi) is 6.40. The molecule has 2 N–H and O–H groups in total. The van der Waals surface area contributed by atoms with Gasteiger partial charge >= 0.3 is 0 Å². The van der Waals surface area contributed by atoms with Crippen molar-refractivity contribution in [1.29, 1.82) is 0 Å². The van der Waals surface area contributed by atoms with E-state index >= 15 is 0 Å². The minimum Gasteiger partial charge on any atom is -0.497 e. The van der Waals surface area contributed by atoms with Crippen LogP contribution >= 0.6 is 0 Å². The van der Waals surface area contributed by atoms with Gasteiger partial charge < -0.3 is 19.8 Å². The van der Waals surface area contributed by atoms with Crippen LogP contribution in [-0.2, 0) is 6.54 Å². The number of hydrogen-bond donors (Lipinski definition) is 2. The van der Waals surface area contributed by atoms with Crippen LogP contribution in [0.25, 0.3) is 22.6 Å². The number of ether oxygens (including phenoxy) is 1. The number of anilines is 1. The predicted molar refractivity (Wildman–Crippen MR) is 127 cm³/mol. The van der Waals surface area contributed by atoms with E-state index in [1.807, 2.05) is 60.7 Å². The summed E-state index contributed by atoms with van der Waals surface area (Å²) in [7, 11) is 1.66. The van der Waals surface area contributed by atoms with Crippen molar-refractivity contribution < 1.29 is 13.9 Å². The van der Waals surface area contributed by atoms with Gasteiger partial charge in [0.15, 0.2) is 5.58 Å². The predicted octanol–water partition coefficient (Wildman–Crippen LogP) is 5.50. The number of rotatable bonds is 8. The number of carbonyl (C=O) groups is 1. The average molecular weight is 430 g/mol. The molecule has 164 valence electrons. The first-order chi connectivity index (χ1) is 15.5. The second-order valence-corrected chi connectivity index (χ2v) is 8.06. The monoisotopic (exact) mass is 429 g/mol. The quantitative estimate of drug-likeness (QED) is 0.387. The van der Waals surface area contributed by atoms with E-state index in [0.29, 0.717) is 41.6 Å². The molecule has 0 saturated heterocycles. The normalized spacial score (nSPS) is 11.0. The fraction of sp³-hybridized carbons (Fsp3) is 0.231. The van der Waals surface area contributed by atoms with Gasteiger partial charge in [0.25, 0.3) is 5.91 Å². The average Bonchev–Trinajstić information content (AvgIpc) is 3.26. The van der Waals surface area contributed by atoms with Crippen molar-refractivity contribution in [3.63, 3.8) is 0 Å². The Hall–Kier alpha value is -3.80. The minimum atomic E-state index is -0.146. The molecular formula is C26H27N3O3. The van der Waals surface area contributed by atoms with E-state index in [1.165, 1.54) is 0 Å². The highest BCUT2D eigenvalue weighted by molar-refractivity contribution is 6.04. The molecule has 1 amide bonds. The molecule has 0 atom stereocenters. The van der Waals surface area contributed by atoms with Crippen LogP contribution < -0.4 is 15.4 Å². The van der Waals surface area contributed by atoms with Crippen LogP contribution in [0, 0.1) is 5.92 Å². The molecular weight excluding hydrogens is 402 g/mol. The number of benzene rings is 3. The summed E-state index contributed by atoms with van der Waals surface area (Å²) in [6, 6.07) is 21.3. The van der Waals surface area contributed by atoms with Crippen LogP contribution in [0.2, 0.25) is 0 Å². The number of hydrogen-bond acceptors (Lipinski definition) is 5. The molecule has 6 heteroatoms. The second-order valence-electron chi connectivity index (χ2n) is 8.06. The Morgan fingerprint density at radius 3 is 2.47 bits per heavy atom. The molecule has 32 heavy (non-hydrogen) atoms. The van der Waals surface area contributed by atoms with E-state index in [4.69, 9.17) is 9.15 Å². The molecule has 0 bridgehead atoms. The Balaban J connectivity index is 1.48. The molecule has 4 rings (SSSR count). The van der Waals surface area contributed by atoms with Crippen LogP contribution in [-0.4, -0.2) is 24.5 Å². The van der Waals surface area contributed by atoms with E-state index in [1.54, 1.807) is 13.2 Å². The molecule has 0 saturated carbocycles. The van der Waals surface area contributed by atoms with Crippen LogP contribution in [0.4, 0.5) is 5.69 Å².